The summed E-state index contributed by atoms with van der Waals surface area (Å²) in [5.41, 5.74) is 20.5. The summed E-state index contributed by atoms with van der Waals surface area (Å²) >= 11 is -4.49. The predicted molar refractivity (Wildman–Crippen MR) is 348 cm³/mol. The van der Waals surface area contributed by atoms with Crippen LogP contribution in [0.2, 0.25) is 9.26 Å². The maximum Gasteiger partial charge on any atom is -0.147 e. The molecule has 2 unspecified atom stereocenters. The predicted octanol–water partition coefficient (Wildman–Crippen LogP) is 22.4. The van der Waals surface area contributed by atoms with Gasteiger partial charge in [-0.15, -0.1) is 24.8 Å². The summed E-state index contributed by atoms with van der Waals surface area (Å²) in [6.45, 7) is 7.27. The largest absolute Gasteiger partial charge is 0.147 e. The van der Waals surface area contributed by atoms with Gasteiger partial charge in [0.25, 0.3) is 0 Å². The third kappa shape index (κ3) is 10.2. The molecule has 0 N–H and O–H groups in total. The van der Waals surface area contributed by atoms with E-state index in [9.17, 15) is 0 Å². The van der Waals surface area contributed by atoms with E-state index in [0.717, 1.165) is 12.8 Å². The zero-order valence-corrected chi connectivity index (χ0v) is 51.8. The molecule has 4 heteroatoms. The van der Waals surface area contributed by atoms with Crippen LogP contribution >= 0.6 is 24.8 Å². The molecule has 2 aliphatic rings. The Hall–Kier alpha value is -5.60. The molecule has 10 aromatic carbocycles. The van der Waals surface area contributed by atoms with E-state index in [0.29, 0.717) is 7.25 Å². The summed E-state index contributed by atoms with van der Waals surface area (Å²) in [5, 5.41) is 10.6. The minimum Gasteiger partial charge on any atom is -0.147 e. The molecule has 0 saturated carbocycles. The molecule has 394 valence electrons. The molecular weight excluding hydrogens is 1080 g/mol. The van der Waals surface area contributed by atoms with Crippen LogP contribution < -0.4 is 0 Å². The first kappa shape index (κ1) is 55.7. The Kier molecular flexibility index (Phi) is 16.9. The molecule has 10 aromatic rings. The molecule has 0 amide bonds. The van der Waals surface area contributed by atoms with E-state index in [4.69, 9.17) is 0 Å². The van der Waals surface area contributed by atoms with E-state index in [-0.39, 0.29) is 24.8 Å². The van der Waals surface area contributed by atoms with Gasteiger partial charge in [0.15, 0.2) is 0 Å². The number of rotatable bonds is 18. The molecule has 2 atom stereocenters. The number of fused-ring (bicyclic) bond motifs is 6. The molecule has 2 aliphatic carbocycles. The van der Waals surface area contributed by atoms with Gasteiger partial charge in [0.05, 0.1) is 0 Å². The fourth-order valence-electron chi connectivity index (χ4n) is 14.5. The normalized spacial score (nSPS) is 15.0. The summed E-state index contributed by atoms with van der Waals surface area (Å²) < 4.78 is 6.52. The maximum atomic E-state index is 2.93. The monoisotopic (exact) mass is 1150 g/mol. The molecule has 0 bridgehead atoms. The van der Waals surface area contributed by atoms with Crippen LogP contribution in [0.4, 0.5) is 0 Å². The second-order valence-corrected chi connectivity index (χ2v) is 54.1. The van der Waals surface area contributed by atoms with Crippen molar-refractivity contribution in [3.05, 3.63) is 228 Å². The Balaban J connectivity index is 0.00000344. The van der Waals surface area contributed by atoms with Gasteiger partial charge in [-0.05, 0) is 0 Å². The average Bonchev–Trinajstić information content (AvgIpc) is 3.94. The maximum absolute atomic E-state index is 4.49. The number of unbranched alkanes of at least 4 members (excludes halogenated alkanes) is 8. The zero-order chi connectivity index (χ0) is 51.8. The first-order valence-corrected chi connectivity index (χ1v) is 42.6. The van der Waals surface area contributed by atoms with Crippen LogP contribution in [0.25, 0.3) is 99.7 Å². The van der Waals surface area contributed by atoms with Gasteiger partial charge in [-0.1, -0.05) is 0 Å². The quantitative estimate of drug-likeness (QED) is 0.0593. The van der Waals surface area contributed by atoms with Crippen molar-refractivity contribution in [1.29, 1.82) is 0 Å². The van der Waals surface area contributed by atoms with Crippen LogP contribution in [0.5, 0.6) is 0 Å². The zero-order valence-electron chi connectivity index (χ0n) is 46.3. The van der Waals surface area contributed by atoms with Gasteiger partial charge in [-0.3, -0.25) is 0 Å². The van der Waals surface area contributed by atoms with Gasteiger partial charge >= 0.3 is 459 Å². The molecule has 0 aliphatic heterocycles. The van der Waals surface area contributed by atoms with Crippen molar-refractivity contribution in [1.82, 2.24) is 0 Å². The van der Waals surface area contributed by atoms with E-state index in [1.807, 2.05) is 0 Å². The van der Waals surface area contributed by atoms with E-state index in [1.165, 1.54) is 163 Å². The molecule has 0 nitrogen and oxygen atoms in total. The second kappa shape index (κ2) is 23.6. The summed E-state index contributed by atoms with van der Waals surface area (Å²) in [7, 11) is 0. The van der Waals surface area contributed by atoms with Crippen molar-refractivity contribution in [2.75, 3.05) is 0 Å². The Morgan fingerprint density at radius 3 is 0.936 bits per heavy atom. The van der Waals surface area contributed by atoms with Gasteiger partial charge < -0.3 is 0 Å². The molecular formula is C74H76Cl2SiZr. The van der Waals surface area contributed by atoms with Crippen LogP contribution in [0.15, 0.2) is 205 Å². The topological polar surface area (TPSA) is 0 Å². The number of benzene rings is 10. The van der Waals surface area contributed by atoms with Crippen LogP contribution in [0.3, 0.4) is 0 Å². The first-order chi connectivity index (χ1) is 37.2. The van der Waals surface area contributed by atoms with Crippen LogP contribution in [-0.2, 0) is 17.4 Å². The third-order valence-corrected chi connectivity index (χ3v) is 35.3. The summed E-state index contributed by atoms with van der Waals surface area (Å²) in [4.78, 5) is 0. The van der Waals surface area contributed by atoms with Gasteiger partial charge in [-0.25, -0.2) is 0 Å². The molecule has 0 fully saturated rings. The second-order valence-electron chi connectivity index (χ2n) is 23.7. The van der Waals surface area contributed by atoms with Crippen molar-refractivity contribution in [3.63, 3.8) is 0 Å². The van der Waals surface area contributed by atoms with Gasteiger partial charge in [0.2, 0.25) is 0 Å². The Morgan fingerprint density at radius 2 is 0.603 bits per heavy atom. The minimum absolute atomic E-state index is 0. The standard InChI is InChI=1S/2C36H33.2CH3.2ClH.H2Si.Zr/c2*1-2-3-4-5-6-13-26-24-35-33(31-20-11-16-27-14-7-9-18-29(27)31)22-23-34(36(35)25-26)32-21-12-17-28-15-8-10-19-30(28)32;;;;;;/h2*7-12,14-25H,2-6,13H2,1H3;2*1H3;2*1H;1H2;. The van der Waals surface area contributed by atoms with Crippen molar-refractivity contribution in [2.45, 2.75) is 107 Å². The van der Waals surface area contributed by atoms with E-state index >= 15 is 0 Å². The van der Waals surface area contributed by atoms with Crippen LogP contribution in [0.1, 0.15) is 120 Å². The Labute approximate surface area is 479 Å². The third-order valence-electron chi connectivity index (χ3n) is 17.9. The number of allylic oxidation sites excluding steroid dienone is 2. The SMILES string of the molecule is CCCCCCCC1=Cc2c(-c3cccc4ccccc34)ccc(-c3cccc4ccccc34)c2[CH]1[Zr]([CH3])([CH3])(=[SiH2])[CH]1C(CCCCCCC)=Cc2c(-c3cccc4ccccc34)ccc(-c3cccc4ccccc34)c21.Cl.Cl. The Morgan fingerprint density at radius 1 is 0.321 bits per heavy atom. The van der Waals surface area contributed by atoms with Gasteiger partial charge in [0.1, 0.15) is 0 Å². The van der Waals surface area contributed by atoms with Crippen molar-refractivity contribution in [3.8, 4) is 44.5 Å². The fraction of sp³-hybridized carbons (Fsp3) is 0.243. The minimum atomic E-state index is -4.49. The van der Waals surface area contributed by atoms with Crippen molar-refractivity contribution >= 4 is 86.9 Å². The first-order valence-electron chi connectivity index (χ1n) is 29.0. The Bertz CT molecular complexity index is 3710. The van der Waals surface area contributed by atoms with E-state index < -0.39 is 17.4 Å². The summed E-state index contributed by atoms with van der Waals surface area (Å²) in [6, 6.07) is 74.6. The summed E-state index contributed by atoms with van der Waals surface area (Å²) in [6.07, 6.45) is 20.6. The molecule has 78 heavy (non-hydrogen) atoms. The molecule has 0 heterocycles. The fourth-order valence-corrected chi connectivity index (χ4v) is 34.2. The number of halogens is 2. The molecule has 0 aromatic heterocycles. The smallest absolute Gasteiger partial charge is 0.147 e. The van der Waals surface area contributed by atoms with Crippen molar-refractivity contribution in [2.24, 2.45) is 0 Å². The van der Waals surface area contributed by atoms with Crippen LogP contribution in [-0.4, -0.2) is 6.88 Å². The number of hydrogen-bond acceptors (Lipinski definition) is 0. The molecule has 0 radical (unpaired) electrons. The van der Waals surface area contributed by atoms with E-state index in [1.54, 1.807) is 22.3 Å². The van der Waals surface area contributed by atoms with Gasteiger partial charge in [-0.2, -0.15) is 0 Å². The summed E-state index contributed by atoms with van der Waals surface area (Å²) in [5.74, 6) is 0. The number of hydrogen-bond donors (Lipinski definition) is 0. The van der Waals surface area contributed by atoms with E-state index in [2.05, 4.69) is 236 Å². The van der Waals surface area contributed by atoms with Gasteiger partial charge in [0, 0.05) is 0 Å². The molecule has 0 saturated heterocycles. The molecule has 12 rings (SSSR count). The molecule has 0 spiro atoms. The van der Waals surface area contributed by atoms with Crippen LogP contribution in [0, 0.1) is 0 Å². The van der Waals surface area contributed by atoms with Crippen molar-refractivity contribution < 1.29 is 17.4 Å². The average molecular weight is 1160 g/mol.